The van der Waals surface area contributed by atoms with Crippen molar-refractivity contribution in [1.82, 2.24) is 0 Å². The molecule has 19 heavy (non-hydrogen) atoms. The van der Waals surface area contributed by atoms with Gasteiger partial charge in [0.25, 0.3) is 0 Å². The Morgan fingerprint density at radius 1 is 1.11 bits per heavy atom. The zero-order valence-electron chi connectivity index (χ0n) is 11.6. The monoisotopic (exact) mass is 255 g/mol. The van der Waals surface area contributed by atoms with Crippen molar-refractivity contribution < 1.29 is 4.74 Å². The van der Waals surface area contributed by atoms with Crippen LogP contribution in [0.4, 0.5) is 0 Å². The highest BCUT2D eigenvalue weighted by Gasteiger charge is 2.05. The van der Waals surface area contributed by atoms with Crippen LogP contribution in [0.2, 0.25) is 0 Å². The molecule has 0 aliphatic carbocycles. The lowest BCUT2D eigenvalue weighted by Crippen LogP contribution is -2.21. The van der Waals surface area contributed by atoms with Crippen LogP contribution in [0.15, 0.2) is 48.5 Å². The van der Waals surface area contributed by atoms with Crippen molar-refractivity contribution in [3.63, 3.8) is 0 Å². The van der Waals surface area contributed by atoms with E-state index in [9.17, 15) is 0 Å². The maximum atomic E-state index is 5.99. The van der Waals surface area contributed by atoms with Gasteiger partial charge in [0.15, 0.2) is 0 Å². The lowest BCUT2D eigenvalue weighted by Gasteiger charge is -2.12. The quantitative estimate of drug-likeness (QED) is 0.874. The van der Waals surface area contributed by atoms with E-state index in [1.54, 1.807) is 0 Å². The fraction of sp³-hybridized carbons (Fsp3) is 0.294. The van der Waals surface area contributed by atoms with E-state index in [0.29, 0.717) is 0 Å². The van der Waals surface area contributed by atoms with Crippen molar-refractivity contribution in [2.45, 2.75) is 32.7 Å². The van der Waals surface area contributed by atoms with Crippen molar-refractivity contribution in [1.29, 1.82) is 0 Å². The molecule has 0 fully saturated rings. The molecule has 1 unspecified atom stereocenters. The Labute approximate surface area is 115 Å². The van der Waals surface area contributed by atoms with Crippen LogP contribution in [0.3, 0.4) is 0 Å². The summed E-state index contributed by atoms with van der Waals surface area (Å²) in [5.74, 6) is 1.77. The molecule has 0 aliphatic heterocycles. The number of hydrogen-bond donors (Lipinski definition) is 1. The number of ether oxygens (including phenoxy) is 1. The Morgan fingerprint density at radius 2 is 1.84 bits per heavy atom. The first-order valence-corrected chi connectivity index (χ1v) is 6.77. The molecule has 0 bridgehead atoms. The fourth-order valence-electron chi connectivity index (χ4n) is 2.02. The third kappa shape index (κ3) is 3.83. The first-order valence-electron chi connectivity index (χ1n) is 6.77. The summed E-state index contributed by atoms with van der Waals surface area (Å²) < 4.78 is 5.86. The Kier molecular flexibility index (Phi) is 4.58. The summed E-state index contributed by atoms with van der Waals surface area (Å²) in [5, 5.41) is 0. The predicted octanol–water partition coefficient (Wildman–Crippen LogP) is 4.07. The molecule has 0 spiro atoms. The van der Waals surface area contributed by atoms with Gasteiger partial charge in [-0.15, -0.1) is 0 Å². The molecule has 1 atom stereocenters. The van der Waals surface area contributed by atoms with Crippen LogP contribution in [0, 0.1) is 6.92 Å². The lowest BCUT2D eigenvalue weighted by molar-refractivity contribution is 0.478. The van der Waals surface area contributed by atoms with Gasteiger partial charge >= 0.3 is 0 Å². The largest absolute Gasteiger partial charge is 0.457 e. The van der Waals surface area contributed by atoms with Gasteiger partial charge in [-0.3, -0.25) is 0 Å². The number of aryl methyl sites for hydroxylation is 1. The van der Waals surface area contributed by atoms with Crippen LogP contribution in [0.25, 0.3) is 0 Å². The van der Waals surface area contributed by atoms with Crippen LogP contribution in [0.1, 0.15) is 24.5 Å². The van der Waals surface area contributed by atoms with Crippen molar-refractivity contribution in [3.8, 4) is 11.5 Å². The van der Waals surface area contributed by atoms with Gasteiger partial charge in [0.05, 0.1) is 0 Å². The Balaban J connectivity index is 2.11. The average Bonchev–Trinajstić information content (AvgIpc) is 2.43. The molecule has 2 rings (SSSR count). The normalized spacial score (nSPS) is 12.2. The van der Waals surface area contributed by atoms with E-state index in [1.165, 1.54) is 5.56 Å². The Morgan fingerprint density at radius 3 is 2.47 bits per heavy atom. The first-order chi connectivity index (χ1) is 9.19. The molecule has 2 heteroatoms. The average molecular weight is 255 g/mol. The van der Waals surface area contributed by atoms with Crippen molar-refractivity contribution in [2.75, 3.05) is 0 Å². The van der Waals surface area contributed by atoms with E-state index in [4.69, 9.17) is 10.5 Å². The molecule has 0 saturated heterocycles. The van der Waals surface area contributed by atoms with Crippen molar-refractivity contribution in [2.24, 2.45) is 5.73 Å². The number of benzene rings is 2. The van der Waals surface area contributed by atoms with E-state index in [0.717, 1.165) is 29.9 Å². The van der Waals surface area contributed by atoms with Gasteiger partial charge in [-0.25, -0.2) is 0 Å². The molecular weight excluding hydrogens is 234 g/mol. The fourth-order valence-corrected chi connectivity index (χ4v) is 2.02. The highest BCUT2D eigenvalue weighted by Crippen LogP contribution is 2.25. The minimum Gasteiger partial charge on any atom is -0.457 e. The zero-order valence-corrected chi connectivity index (χ0v) is 11.6. The molecule has 0 saturated carbocycles. The third-order valence-corrected chi connectivity index (χ3v) is 3.23. The van der Waals surface area contributed by atoms with E-state index >= 15 is 0 Å². The first kappa shape index (κ1) is 13.6. The van der Waals surface area contributed by atoms with Gasteiger partial charge in [0.2, 0.25) is 0 Å². The van der Waals surface area contributed by atoms with Crippen LogP contribution in [-0.2, 0) is 6.42 Å². The van der Waals surface area contributed by atoms with E-state index in [2.05, 4.69) is 26.0 Å². The summed E-state index contributed by atoms with van der Waals surface area (Å²) >= 11 is 0. The Bertz CT molecular complexity index is 522. The molecular formula is C17H21NO. The molecule has 2 aromatic rings. The van der Waals surface area contributed by atoms with Crippen LogP contribution >= 0.6 is 0 Å². The zero-order chi connectivity index (χ0) is 13.7. The Hall–Kier alpha value is -1.80. The molecule has 0 heterocycles. The SMILES string of the molecule is CCC(N)Cc1ccc(Oc2ccccc2)c(C)c1. The second kappa shape index (κ2) is 6.39. The minimum absolute atomic E-state index is 0.236. The van der Waals surface area contributed by atoms with Gasteiger partial charge in [-0.05, 0) is 49.1 Å². The summed E-state index contributed by atoms with van der Waals surface area (Å²) in [4.78, 5) is 0. The molecule has 2 aromatic carbocycles. The van der Waals surface area contributed by atoms with Crippen LogP contribution in [-0.4, -0.2) is 6.04 Å². The maximum absolute atomic E-state index is 5.99. The van der Waals surface area contributed by atoms with E-state index < -0.39 is 0 Å². The topological polar surface area (TPSA) is 35.2 Å². The number of rotatable bonds is 5. The van der Waals surface area contributed by atoms with Gasteiger partial charge in [0.1, 0.15) is 11.5 Å². The molecule has 2 N–H and O–H groups in total. The molecule has 0 amide bonds. The number of para-hydroxylation sites is 1. The molecule has 0 aliphatic rings. The lowest BCUT2D eigenvalue weighted by atomic mass is 10.0. The highest BCUT2D eigenvalue weighted by atomic mass is 16.5. The summed E-state index contributed by atoms with van der Waals surface area (Å²) in [6, 6.07) is 16.4. The van der Waals surface area contributed by atoms with Gasteiger partial charge in [0, 0.05) is 6.04 Å². The molecule has 100 valence electrons. The van der Waals surface area contributed by atoms with Crippen LogP contribution in [0.5, 0.6) is 11.5 Å². The van der Waals surface area contributed by atoms with Crippen molar-refractivity contribution in [3.05, 3.63) is 59.7 Å². The van der Waals surface area contributed by atoms with E-state index in [-0.39, 0.29) is 6.04 Å². The third-order valence-electron chi connectivity index (χ3n) is 3.23. The predicted molar refractivity (Wildman–Crippen MR) is 79.7 cm³/mol. The second-order valence-electron chi connectivity index (χ2n) is 4.89. The molecule has 0 aromatic heterocycles. The van der Waals surface area contributed by atoms with E-state index in [1.807, 2.05) is 36.4 Å². The highest BCUT2D eigenvalue weighted by molar-refractivity contribution is 5.39. The maximum Gasteiger partial charge on any atom is 0.130 e. The van der Waals surface area contributed by atoms with Crippen LogP contribution < -0.4 is 10.5 Å². The summed E-state index contributed by atoms with van der Waals surface area (Å²) in [6.45, 7) is 4.18. The standard InChI is InChI=1S/C17H21NO/c1-3-15(18)12-14-9-10-17(13(2)11-14)19-16-7-5-4-6-8-16/h4-11,15H,3,12,18H2,1-2H3. The van der Waals surface area contributed by atoms with Gasteiger partial charge in [-0.1, -0.05) is 37.3 Å². The van der Waals surface area contributed by atoms with Crippen molar-refractivity contribution >= 4 is 0 Å². The van der Waals surface area contributed by atoms with Gasteiger partial charge < -0.3 is 10.5 Å². The molecule has 0 radical (unpaired) electrons. The summed E-state index contributed by atoms with van der Waals surface area (Å²) in [6.07, 6.45) is 1.92. The minimum atomic E-state index is 0.236. The summed E-state index contributed by atoms with van der Waals surface area (Å²) in [5.41, 5.74) is 8.40. The smallest absolute Gasteiger partial charge is 0.130 e. The summed E-state index contributed by atoms with van der Waals surface area (Å²) in [7, 11) is 0. The number of hydrogen-bond acceptors (Lipinski definition) is 2. The molecule has 2 nitrogen and oxygen atoms in total. The second-order valence-corrected chi connectivity index (χ2v) is 4.89. The number of nitrogens with two attached hydrogens (primary N) is 1. The van der Waals surface area contributed by atoms with Gasteiger partial charge in [-0.2, -0.15) is 0 Å².